The van der Waals surface area contributed by atoms with Gasteiger partial charge in [0.1, 0.15) is 0 Å². The molecule has 1 saturated heterocycles. The minimum absolute atomic E-state index is 0. The molecule has 1 fully saturated rings. The van der Waals surface area contributed by atoms with Crippen LogP contribution in [0.15, 0.2) is 0 Å². The summed E-state index contributed by atoms with van der Waals surface area (Å²) in [4.78, 5) is 0. The van der Waals surface area contributed by atoms with Gasteiger partial charge in [0.25, 0.3) is 0 Å². The summed E-state index contributed by atoms with van der Waals surface area (Å²) in [5, 5.41) is 3.32. The maximum atomic E-state index is 11.1. The van der Waals surface area contributed by atoms with Crippen LogP contribution >= 0.6 is 12.4 Å². The smallest absolute Gasteiger partial charge is 0.211 e. The maximum Gasteiger partial charge on any atom is 0.211 e. The molecule has 0 saturated carbocycles. The average molecular weight is 257 g/mol. The molecule has 0 aromatic rings. The van der Waals surface area contributed by atoms with Gasteiger partial charge in [0.2, 0.25) is 10.0 Å². The molecule has 6 heteroatoms. The topological polar surface area (TPSA) is 58.2 Å². The molecule has 1 aliphatic heterocycles. The van der Waals surface area contributed by atoms with Gasteiger partial charge in [-0.1, -0.05) is 0 Å². The summed E-state index contributed by atoms with van der Waals surface area (Å²) >= 11 is 0. The SMILES string of the molecule is CCS(=O)(=O)NCCC1CCCNC1.Cl. The lowest BCUT2D eigenvalue weighted by atomic mass is 9.96. The Morgan fingerprint density at radius 3 is 2.73 bits per heavy atom. The van der Waals surface area contributed by atoms with Gasteiger partial charge in [0.05, 0.1) is 5.75 Å². The first-order valence-electron chi connectivity index (χ1n) is 5.32. The Morgan fingerprint density at radius 2 is 2.20 bits per heavy atom. The molecule has 1 aliphatic rings. The molecule has 4 nitrogen and oxygen atoms in total. The van der Waals surface area contributed by atoms with E-state index >= 15 is 0 Å². The fraction of sp³-hybridized carbons (Fsp3) is 1.00. The molecule has 1 rings (SSSR count). The van der Waals surface area contributed by atoms with Crippen LogP contribution in [-0.2, 0) is 10.0 Å². The van der Waals surface area contributed by atoms with E-state index in [4.69, 9.17) is 0 Å². The molecule has 0 aromatic carbocycles. The van der Waals surface area contributed by atoms with Gasteiger partial charge in [0.15, 0.2) is 0 Å². The molecule has 0 aromatic heterocycles. The van der Waals surface area contributed by atoms with Crippen LogP contribution in [0.5, 0.6) is 0 Å². The van der Waals surface area contributed by atoms with E-state index in [2.05, 4.69) is 10.0 Å². The molecule has 2 N–H and O–H groups in total. The quantitative estimate of drug-likeness (QED) is 0.763. The van der Waals surface area contributed by atoms with E-state index in [1.807, 2.05) is 0 Å². The highest BCUT2D eigenvalue weighted by atomic mass is 35.5. The molecule has 1 unspecified atom stereocenters. The molecular weight excluding hydrogens is 236 g/mol. The predicted molar refractivity (Wildman–Crippen MR) is 64.9 cm³/mol. The number of piperidine rings is 1. The van der Waals surface area contributed by atoms with E-state index in [0.29, 0.717) is 12.5 Å². The highest BCUT2D eigenvalue weighted by molar-refractivity contribution is 7.89. The Bertz CT molecular complexity index is 251. The highest BCUT2D eigenvalue weighted by Crippen LogP contribution is 2.12. The zero-order chi connectivity index (χ0) is 10.4. The molecule has 0 aliphatic carbocycles. The fourth-order valence-corrected chi connectivity index (χ4v) is 2.32. The van der Waals surface area contributed by atoms with Crippen molar-refractivity contribution in [1.82, 2.24) is 10.0 Å². The van der Waals surface area contributed by atoms with Crippen molar-refractivity contribution in [3.63, 3.8) is 0 Å². The normalized spacial score (nSPS) is 22.1. The minimum Gasteiger partial charge on any atom is -0.316 e. The first kappa shape index (κ1) is 15.2. The van der Waals surface area contributed by atoms with Crippen LogP contribution in [0.1, 0.15) is 26.2 Å². The summed E-state index contributed by atoms with van der Waals surface area (Å²) < 4.78 is 24.8. The van der Waals surface area contributed by atoms with E-state index in [-0.39, 0.29) is 18.2 Å². The third-order valence-electron chi connectivity index (χ3n) is 2.65. The van der Waals surface area contributed by atoms with Gasteiger partial charge in [-0.2, -0.15) is 0 Å². The Labute approximate surface area is 98.7 Å². The van der Waals surface area contributed by atoms with Crippen molar-refractivity contribution in [2.24, 2.45) is 5.92 Å². The molecule has 0 bridgehead atoms. The molecule has 0 spiro atoms. The zero-order valence-corrected chi connectivity index (χ0v) is 10.8. The van der Waals surface area contributed by atoms with E-state index in [1.165, 1.54) is 12.8 Å². The van der Waals surface area contributed by atoms with Crippen LogP contribution in [0, 0.1) is 5.92 Å². The van der Waals surface area contributed by atoms with E-state index in [9.17, 15) is 8.42 Å². The minimum atomic E-state index is -2.99. The number of halogens is 1. The number of hydrogen-bond acceptors (Lipinski definition) is 3. The van der Waals surface area contributed by atoms with Gasteiger partial charge in [-0.25, -0.2) is 13.1 Å². The van der Waals surface area contributed by atoms with Crippen LogP contribution in [-0.4, -0.2) is 33.8 Å². The zero-order valence-electron chi connectivity index (χ0n) is 9.16. The van der Waals surface area contributed by atoms with Gasteiger partial charge in [-0.3, -0.25) is 0 Å². The molecule has 1 atom stereocenters. The van der Waals surface area contributed by atoms with Crippen molar-refractivity contribution >= 4 is 22.4 Å². The van der Waals surface area contributed by atoms with Crippen LogP contribution in [0.2, 0.25) is 0 Å². The van der Waals surface area contributed by atoms with E-state index in [1.54, 1.807) is 6.92 Å². The standard InChI is InChI=1S/C9H20N2O2S.ClH/c1-2-14(12,13)11-7-5-9-4-3-6-10-8-9;/h9-11H,2-8H2,1H3;1H. The lowest BCUT2D eigenvalue weighted by Crippen LogP contribution is -2.33. The summed E-state index contributed by atoms with van der Waals surface area (Å²) in [6.45, 7) is 4.39. The fourth-order valence-electron chi connectivity index (χ4n) is 1.69. The molecule has 0 radical (unpaired) electrons. The first-order chi connectivity index (χ1) is 6.64. The predicted octanol–water partition coefficient (Wildman–Crippen LogP) is 0.737. The van der Waals surface area contributed by atoms with Crippen LogP contribution < -0.4 is 10.0 Å². The van der Waals surface area contributed by atoms with Crippen molar-refractivity contribution in [3.05, 3.63) is 0 Å². The van der Waals surface area contributed by atoms with Crippen LogP contribution in [0.4, 0.5) is 0 Å². The second-order valence-electron chi connectivity index (χ2n) is 3.80. The third kappa shape index (κ3) is 6.35. The van der Waals surface area contributed by atoms with Gasteiger partial charge in [-0.15, -0.1) is 12.4 Å². The van der Waals surface area contributed by atoms with Crippen molar-refractivity contribution in [1.29, 1.82) is 0 Å². The van der Waals surface area contributed by atoms with Crippen molar-refractivity contribution in [2.75, 3.05) is 25.4 Å². The number of rotatable bonds is 5. The Morgan fingerprint density at radius 1 is 1.47 bits per heavy atom. The van der Waals surface area contributed by atoms with Gasteiger partial charge >= 0.3 is 0 Å². The average Bonchev–Trinajstić information content (AvgIpc) is 2.19. The summed E-state index contributed by atoms with van der Waals surface area (Å²) in [7, 11) is -2.99. The lowest BCUT2D eigenvalue weighted by molar-refractivity contribution is 0.358. The molecule has 0 amide bonds. The lowest BCUT2D eigenvalue weighted by Gasteiger charge is -2.22. The monoisotopic (exact) mass is 256 g/mol. The van der Waals surface area contributed by atoms with Crippen LogP contribution in [0.3, 0.4) is 0 Å². The van der Waals surface area contributed by atoms with E-state index in [0.717, 1.165) is 19.5 Å². The Kier molecular flexibility index (Phi) is 7.52. The van der Waals surface area contributed by atoms with Gasteiger partial charge in [0, 0.05) is 6.54 Å². The number of nitrogens with one attached hydrogen (secondary N) is 2. The van der Waals surface area contributed by atoms with Gasteiger partial charge < -0.3 is 5.32 Å². The van der Waals surface area contributed by atoms with Crippen molar-refractivity contribution in [2.45, 2.75) is 26.2 Å². The molecule has 92 valence electrons. The highest BCUT2D eigenvalue weighted by Gasteiger charge is 2.13. The summed E-state index contributed by atoms with van der Waals surface area (Å²) in [6, 6.07) is 0. The third-order valence-corrected chi connectivity index (χ3v) is 4.06. The molecular formula is C9H21ClN2O2S. The number of sulfonamides is 1. The summed E-state index contributed by atoms with van der Waals surface area (Å²) in [5.41, 5.74) is 0. The summed E-state index contributed by atoms with van der Waals surface area (Å²) in [5.74, 6) is 0.818. The largest absolute Gasteiger partial charge is 0.316 e. The molecule has 15 heavy (non-hydrogen) atoms. The van der Waals surface area contributed by atoms with Crippen molar-refractivity contribution in [3.8, 4) is 0 Å². The maximum absolute atomic E-state index is 11.1. The Balaban J connectivity index is 0.00000196. The second kappa shape index (κ2) is 7.44. The molecule has 1 heterocycles. The Hall–Kier alpha value is 0.160. The second-order valence-corrected chi connectivity index (χ2v) is 5.89. The van der Waals surface area contributed by atoms with Gasteiger partial charge in [-0.05, 0) is 45.2 Å². The van der Waals surface area contributed by atoms with E-state index < -0.39 is 10.0 Å². The van der Waals surface area contributed by atoms with Crippen molar-refractivity contribution < 1.29 is 8.42 Å². The number of hydrogen-bond donors (Lipinski definition) is 2. The summed E-state index contributed by atoms with van der Waals surface area (Å²) in [6.07, 6.45) is 3.39. The first-order valence-corrected chi connectivity index (χ1v) is 6.97. The van der Waals surface area contributed by atoms with Crippen LogP contribution in [0.25, 0.3) is 0 Å².